The number of aromatic nitrogens is 2. The van der Waals surface area contributed by atoms with Crippen molar-refractivity contribution in [3.05, 3.63) is 111 Å². The average molecular weight is 504 g/mol. The van der Waals surface area contributed by atoms with E-state index in [2.05, 4.69) is 26.3 Å². The molecule has 0 unspecified atom stereocenters. The van der Waals surface area contributed by atoms with Crippen LogP contribution in [0.2, 0.25) is 0 Å². The normalized spacial score (nSPS) is 10.6. The van der Waals surface area contributed by atoms with Gasteiger partial charge in [-0.2, -0.15) is 5.10 Å². The molecule has 4 aromatic rings. The van der Waals surface area contributed by atoms with Gasteiger partial charge in [0.1, 0.15) is 12.3 Å². The van der Waals surface area contributed by atoms with Crippen molar-refractivity contribution in [2.75, 3.05) is 12.4 Å². The van der Waals surface area contributed by atoms with Crippen molar-refractivity contribution < 1.29 is 9.53 Å². The Morgan fingerprint density at radius 2 is 1.76 bits per heavy atom. The minimum Gasteiger partial charge on any atom is -0.497 e. The zero-order valence-corrected chi connectivity index (χ0v) is 19.6. The van der Waals surface area contributed by atoms with Gasteiger partial charge < -0.3 is 10.1 Å². The molecule has 166 valence electrons. The number of carbonyl (C=O) groups is 1. The minimum absolute atomic E-state index is 0.194. The quantitative estimate of drug-likeness (QED) is 0.388. The second-order valence-corrected chi connectivity index (χ2v) is 8.38. The van der Waals surface area contributed by atoms with Crippen LogP contribution < -0.4 is 15.6 Å². The van der Waals surface area contributed by atoms with E-state index in [-0.39, 0.29) is 18.0 Å². The number of nitrogens with one attached hydrogen (secondary N) is 1. The highest BCUT2D eigenvalue weighted by atomic mass is 79.9. The van der Waals surface area contributed by atoms with Crippen LogP contribution in [-0.4, -0.2) is 22.8 Å². The molecule has 0 spiro atoms. The first kappa shape index (κ1) is 22.5. The number of rotatable bonds is 7. The Morgan fingerprint density at radius 1 is 1.00 bits per heavy atom. The lowest BCUT2D eigenvalue weighted by Crippen LogP contribution is -2.32. The number of anilines is 1. The van der Waals surface area contributed by atoms with E-state index < -0.39 is 0 Å². The van der Waals surface area contributed by atoms with Crippen LogP contribution in [0.15, 0.2) is 94.2 Å². The number of benzene rings is 3. The second-order valence-electron chi connectivity index (χ2n) is 7.47. The molecule has 0 radical (unpaired) electrons. The average Bonchev–Trinajstić information content (AvgIpc) is 2.83. The topological polar surface area (TPSA) is 73.2 Å². The highest BCUT2D eigenvalue weighted by Crippen LogP contribution is 2.19. The Hall–Kier alpha value is -3.71. The molecule has 0 aliphatic heterocycles. The molecular weight excluding hydrogens is 482 g/mol. The fourth-order valence-electron chi connectivity index (χ4n) is 3.45. The Morgan fingerprint density at radius 3 is 2.48 bits per heavy atom. The monoisotopic (exact) mass is 503 g/mol. The van der Waals surface area contributed by atoms with Gasteiger partial charge in [-0.15, -0.1) is 0 Å². The molecule has 0 fully saturated rings. The largest absolute Gasteiger partial charge is 0.497 e. The number of carbonyl (C=O) groups excluding carboxylic acids is 1. The van der Waals surface area contributed by atoms with Crippen LogP contribution in [0.5, 0.6) is 5.75 Å². The van der Waals surface area contributed by atoms with Crippen molar-refractivity contribution in [2.45, 2.75) is 13.0 Å². The molecule has 0 saturated carbocycles. The van der Waals surface area contributed by atoms with Crippen molar-refractivity contribution in [3.63, 3.8) is 0 Å². The smallest absolute Gasteiger partial charge is 0.270 e. The molecule has 0 bridgehead atoms. The van der Waals surface area contributed by atoms with Gasteiger partial charge in [0.15, 0.2) is 0 Å². The van der Waals surface area contributed by atoms with Gasteiger partial charge in [-0.1, -0.05) is 58.4 Å². The maximum atomic E-state index is 13.2. The van der Waals surface area contributed by atoms with E-state index in [1.807, 2.05) is 66.7 Å². The van der Waals surface area contributed by atoms with Crippen LogP contribution in [-0.2, 0) is 17.8 Å². The number of methoxy groups -OCH3 is 1. The summed E-state index contributed by atoms with van der Waals surface area (Å²) in [6, 6.07) is 26.2. The van der Waals surface area contributed by atoms with Crippen LogP contribution >= 0.6 is 15.9 Å². The van der Waals surface area contributed by atoms with Crippen molar-refractivity contribution in [1.29, 1.82) is 0 Å². The Labute approximate surface area is 200 Å². The standard InChI is InChI=1S/C26H22BrN3O3/c1-33-23-9-5-6-18(15-23)14-20-16-24(19-7-3-2-4-8-19)29-30(26(20)32)17-25(31)28-22-12-10-21(27)11-13-22/h2-13,15-16H,14,17H2,1H3,(H,28,31). The third-order valence-corrected chi connectivity index (χ3v) is 5.60. The summed E-state index contributed by atoms with van der Waals surface area (Å²) in [5.74, 6) is 0.392. The van der Waals surface area contributed by atoms with E-state index >= 15 is 0 Å². The van der Waals surface area contributed by atoms with Crippen LogP contribution in [0.25, 0.3) is 11.3 Å². The summed E-state index contributed by atoms with van der Waals surface area (Å²) in [6.45, 7) is -0.194. The minimum atomic E-state index is -0.329. The molecule has 1 amide bonds. The van der Waals surface area contributed by atoms with Gasteiger partial charge in [0.2, 0.25) is 5.91 Å². The van der Waals surface area contributed by atoms with Crippen LogP contribution in [0.1, 0.15) is 11.1 Å². The molecule has 0 aliphatic rings. The summed E-state index contributed by atoms with van der Waals surface area (Å²) in [4.78, 5) is 25.9. The zero-order valence-electron chi connectivity index (χ0n) is 18.0. The van der Waals surface area contributed by atoms with Gasteiger partial charge in [0, 0.05) is 27.7 Å². The summed E-state index contributed by atoms with van der Waals surface area (Å²) >= 11 is 3.37. The van der Waals surface area contributed by atoms with E-state index in [0.717, 1.165) is 21.3 Å². The number of ether oxygens (including phenoxy) is 1. The lowest BCUT2D eigenvalue weighted by molar-refractivity contribution is -0.117. The molecule has 0 saturated heterocycles. The first-order valence-corrected chi connectivity index (χ1v) is 11.2. The summed E-state index contributed by atoms with van der Waals surface area (Å²) in [6.07, 6.45) is 0.396. The van der Waals surface area contributed by atoms with E-state index in [0.29, 0.717) is 23.4 Å². The molecule has 6 nitrogen and oxygen atoms in total. The van der Waals surface area contributed by atoms with Crippen LogP contribution in [0, 0.1) is 0 Å². The highest BCUT2D eigenvalue weighted by Gasteiger charge is 2.14. The molecule has 3 aromatic carbocycles. The van der Waals surface area contributed by atoms with Crippen LogP contribution in [0.3, 0.4) is 0 Å². The third kappa shape index (κ3) is 5.75. The van der Waals surface area contributed by atoms with Crippen molar-refractivity contribution in [3.8, 4) is 17.0 Å². The Bertz CT molecular complexity index is 1320. The maximum Gasteiger partial charge on any atom is 0.270 e. The van der Waals surface area contributed by atoms with Gasteiger partial charge >= 0.3 is 0 Å². The van der Waals surface area contributed by atoms with Crippen LogP contribution in [0.4, 0.5) is 5.69 Å². The third-order valence-electron chi connectivity index (χ3n) is 5.07. The number of halogens is 1. The molecule has 7 heteroatoms. The van der Waals surface area contributed by atoms with E-state index in [1.54, 1.807) is 25.3 Å². The van der Waals surface area contributed by atoms with Gasteiger partial charge in [0.25, 0.3) is 5.56 Å². The van der Waals surface area contributed by atoms with Gasteiger partial charge in [-0.05, 0) is 48.0 Å². The highest BCUT2D eigenvalue weighted by molar-refractivity contribution is 9.10. The number of nitrogens with zero attached hydrogens (tertiary/aromatic N) is 2. The SMILES string of the molecule is COc1cccc(Cc2cc(-c3ccccc3)nn(CC(=O)Nc3ccc(Br)cc3)c2=O)c1. The predicted octanol–water partition coefficient (Wildman–Crippen LogP) is 4.91. The zero-order chi connectivity index (χ0) is 23.2. The number of hydrogen-bond donors (Lipinski definition) is 1. The summed E-state index contributed by atoms with van der Waals surface area (Å²) in [5.41, 5.74) is 3.32. The predicted molar refractivity (Wildman–Crippen MR) is 133 cm³/mol. The van der Waals surface area contributed by atoms with E-state index in [1.165, 1.54) is 4.68 Å². The first-order chi connectivity index (χ1) is 16.0. The summed E-state index contributed by atoms with van der Waals surface area (Å²) < 4.78 is 7.45. The van der Waals surface area contributed by atoms with E-state index in [9.17, 15) is 9.59 Å². The molecule has 1 heterocycles. The number of amides is 1. The van der Waals surface area contributed by atoms with Crippen molar-refractivity contribution in [1.82, 2.24) is 9.78 Å². The number of hydrogen-bond acceptors (Lipinski definition) is 4. The lowest BCUT2D eigenvalue weighted by Gasteiger charge is -2.12. The summed E-state index contributed by atoms with van der Waals surface area (Å²) in [5, 5.41) is 7.30. The maximum absolute atomic E-state index is 13.2. The van der Waals surface area contributed by atoms with Gasteiger partial charge in [-0.25, -0.2) is 4.68 Å². The molecular formula is C26H22BrN3O3. The summed E-state index contributed by atoms with van der Waals surface area (Å²) in [7, 11) is 1.61. The molecule has 4 rings (SSSR count). The second kappa shape index (κ2) is 10.3. The lowest BCUT2D eigenvalue weighted by atomic mass is 10.0. The molecule has 0 aliphatic carbocycles. The van der Waals surface area contributed by atoms with Gasteiger partial charge in [0.05, 0.1) is 12.8 Å². The Kier molecular flexibility index (Phi) is 7.00. The Balaban J connectivity index is 1.67. The fraction of sp³-hybridized carbons (Fsp3) is 0.115. The van der Waals surface area contributed by atoms with E-state index in [4.69, 9.17) is 4.74 Å². The first-order valence-electron chi connectivity index (χ1n) is 10.4. The fourth-order valence-corrected chi connectivity index (χ4v) is 3.72. The molecule has 0 atom stereocenters. The molecule has 33 heavy (non-hydrogen) atoms. The van der Waals surface area contributed by atoms with Crippen molar-refractivity contribution >= 4 is 27.5 Å². The molecule has 1 aromatic heterocycles. The van der Waals surface area contributed by atoms with Gasteiger partial charge in [-0.3, -0.25) is 9.59 Å². The van der Waals surface area contributed by atoms with Crippen molar-refractivity contribution in [2.24, 2.45) is 0 Å². The molecule has 1 N–H and O–H groups in total.